The number of rotatable bonds is 6. The minimum Gasteiger partial charge on any atom is -0.481 e. The third-order valence-electron chi connectivity index (χ3n) is 8.21. The topological polar surface area (TPSA) is 113 Å². The molecule has 0 saturated carbocycles. The molecule has 0 spiro atoms. The summed E-state index contributed by atoms with van der Waals surface area (Å²) in [4.78, 5) is 53.1. The van der Waals surface area contributed by atoms with Crippen LogP contribution in [0.1, 0.15) is 85.5 Å². The molecule has 0 bridgehead atoms. The molecule has 0 fully saturated rings. The van der Waals surface area contributed by atoms with Gasteiger partial charge in [-0.15, -0.1) is 0 Å². The predicted molar refractivity (Wildman–Crippen MR) is 164 cm³/mol. The number of carbonyl (C=O) groups excluding carboxylic acids is 3. The number of ether oxygens (including phenoxy) is 1. The number of Topliss-reactive ketones (excluding diaryl/α,β-unsaturated/α-hetero) is 1. The Kier molecular flexibility index (Phi) is 8.22. The summed E-state index contributed by atoms with van der Waals surface area (Å²) < 4.78 is 4.85. The molecule has 2 aliphatic rings. The van der Waals surface area contributed by atoms with Crippen LogP contribution < -0.4 is 10.2 Å². The van der Waals surface area contributed by atoms with Gasteiger partial charge in [-0.2, -0.15) is 0 Å². The van der Waals surface area contributed by atoms with Crippen molar-refractivity contribution in [1.29, 1.82) is 0 Å². The molecule has 222 valence electrons. The Hall–Kier alpha value is -4.72. The van der Waals surface area contributed by atoms with E-state index in [1.165, 1.54) is 17.6 Å². The molecule has 0 aromatic heterocycles. The largest absolute Gasteiger partial charge is 0.481 e. The van der Waals surface area contributed by atoms with Crippen molar-refractivity contribution in [3.63, 3.8) is 0 Å². The number of hydrogen-bond acceptors (Lipinski definition) is 6. The average molecular weight is 581 g/mol. The van der Waals surface area contributed by atoms with Gasteiger partial charge in [0.2, 0.25) is 5.91 Å². The van der Waals surface area contributed by atoms with Crippen molar-refractivity contribution in [3.05, 3.63) is 106 Å². The number of carbonyl (C=O) groups is 4. The molecule has 0 saturated heterocycles. The summed E-state index contributed by atoms with van der Waals surface area (Å²) in [5.74, 6) is -2.15. The number of esters is 1. The molecular formula is C35H36N2O6. The SMILES string of the molecule is COC(=O)c1ccc([C@H]2C3=C(C[C@H](c4ccc(C(C)(C)C)cc4)CC3=O)Nc3ccccc3N2C(=O)CCC(=O)O)cc1. The first-order valence-corrected chi connectivity index (χ1v) is 14.4. The molecule has 2 N–H and O–H groups in total. The number of amides is 1. The number of nitrogens with one attached hydrogen (secondary N) is 1. The quantitative estimate of drug-likeness (QED) is 0.319. The van der Waals surface area contributed by atoms with Gasteiger partial charge in [-0.25, -0.2) is 4.79 Å². The fraction of sp³-hybridized carbons (Fsp3) is 0.314. The van der Waals surface area contributed by atoms with Crippen LogP contribution >= 0.6 is 0 Å². The Morgan fingerprint density at radius 2 is 1.56 bits per heavy atom. The van der Waals surface area contributed by atoms with Crippen molar-refractivity contribution in [2.24, 2.45) is 0 Å². The van der Waals surface area contributed by atoms with Crippen LogP contribution in [0, 0.1) is 0 Å². The molecular weight excluding hydrogens is 544 g/mol. The molecule has 43 heavy (non-hydrogen) atoms. The van der Waals surface area contributed by atoms with Crippen LogP contribution in [0.25, 0.3) is 0 Å². The minimum absolute atomic E-state index is 0.0104. The highest BCUT2D eigenvalue weighted by Crippen LogP contribution is 2.47. The van der Waals surface area contributed by atoms with Crippen LogP contribution in [0.2, 0.25) is 0 Å². The van der Waals surface area contributed by atoms with Crippen molar-refractivity contribution in [3.8, 4) is 0 Å². The van der Waals surface area contributed by atoms with Crippen LogP contribution in [0.4, 0.5) is 11.4 Å². The van der Waals surface area contributed by atoms with E-state index in [9.17, 15) is 24.3 Å². The number of nitrogens with zero attached hydrogens (tertiary/aromatic N) is 1. The fourth-order valence-corrected chi connectivity index (χ4v) is 5.93. The molecule has 2 atom stereocenters. The van der Waals surface area contributed by atoms with E-state index in [1.54, 1.807) is 36.4 Å². The second kappa shape index (κ2) is 11.9. The van der Waals surface area contributed by atoms with Gasteiger partial charge in [0.15, 0.2) is 5.78 Å². The first kappa shape index (κ1) is 29.8. The monoisotopic (exact) mass is 580 g/mol. The standard InChI is InChI=1S/C35H36N2O6/c1-35(2,3)25-15-13-21(14-16-25)24-19-27-32(29(38)20-24)33(22-9-11-23(12-10-22)34(42)43-4)37(30(39)17-18-31(40)41)28-8-6-5-7-26(28)36-27/h5-16,24,33,36H,17-20H2,1-4H3,(H,40,41)/t24-,33-/m0/s1. The molecule has 1 amide bonds. The smallest absolute Gasteiger partial charge is 0.337 e. The number of fused-ring (bicyclic) bond motifs is 1. The number of benzene rings is 3. The number of hydrogen-bond donors (Lipinski definition) is 2. The van der Waals surface area contributed by atoms with Crippen molar-refractivity contribution in [2.75, 3.05) is 17.3 Å². The van der Waals surface area contributed by atoms with Crippen molar-refractivity contribution in [1.82, 2.24) is 0 Å². The highest BCUT2D eigenvalue weighted by molar-refractivity contribution is 6.06. The summed E-state index contributed by atoms with van der Waals surface area (Å²) in [7, 11) is 1.30. The van der Waals surface area contributed by atoms with E-state index in [1.807, 2.05) is 12.1 Å². The lowest BCUT2D eigenvalue weighted by molar-refractivity contribution is -0.138. The van der Waals surface area contributed by atoms with Crippen molar-refractivity contribution < 1.29 is 29.0 Å². The Morgan fingerprint density at radius 1 is 0.907 bits per heavy atom. The number of allylic oxidation sites excluding steroid dienone is 1. The summed E-state index contributed by atoms with van der Waals surface area (Å²) in [5, 5.41) is 12.8. The van der Waals surface area contributed by atoms with Crippen molar-refractivity contribution >= 4 is 35.0 Å². The van der Waals surface area contributed by atoms with E-state index in [0.717, 1.165) is 11.3 Å². The van der Waals surface area contributed by atoms with Gasteiger partial charge >= 0.3 is 11.9 Å². The lowest BCUT2D eigenvalue weighted by Gasteiger charge is -2.35. The number of ketones is 1. The lowest BCUT2D eigenvalue weighted by atomic mass is 9.77. The minimum atomic E-state index is -1.08. The number of methoxy groups -OCH3 is 1. The molecule has 0 unspecified atom stereocenters. The normalized spacial score (nSPS) is 18.2. The lowest BCUT2D eigenvalue weighted by Crippen LogP contribution is -2.38. The molecule has 8 nitrogen and oxygen atoms in total. The second-order valence-corrected chi connectivity index (χ2v) is 12.1. The Morgan fingerprint density at radius 3 is 2.19 bits per heavy atom. The maximum atomic E-state index is 14.2. The average Bonchev–Trinajstić information content (AvgIpc) is 3.14. The molecule has 0 radical (unpaired) electrons. The van der Waals surface area contributed by atoms with Gasteiger partial charge in [-0.05, 0) is 58.7 Å². The number of anilines is 2. The van der Waals surface area contributed by atoms with Crippen LogP contribution in [-0.4, -0.2) is 35.8 Å². The summed E-state index contributed by atoms with van der Waals surface area (Å²) in [6.07, 6.45) is 0.239. The highest BCUT2D eigenvalue weighted by atomic mass is 16.5. The van der Waals surface area contributed by atoms with E-state index < -0.39 is 23.9 Å². The first-order chi connectivity index (χ1) is 20.5. The first-order valence-electron chi connectivity index (χ1n) is 14.4. The summed E-state index contributed by atoms with van der Waals surface area (Å²) >= 11 is 0. The summed E-state index contributed by atoms with van der Waals surface area (Å²) in [5.41, 5.74) is 5.66. The van der Waals surface area contributed by atoms with Crippen LogP contribution in [0.5, 0.6) is 0 Å². The van der Waals surface area contributed by atoms with Crippen LogP contribution in [0.15, 0.2) is 84.1 Å². The second-order valence-electron chi connectivity index (χ2n) is 12.1. The molecule has 3 aromatic rings. The maximum absolute atomic E-state index is 14.2. The Bertz CT molecular complexity index is 1600. The predicted octanol–water partition coefficient (Wildman–Crippen LogP) is 6.54. The van der Waals surface area contributed by atoms with Gasteiger partial charge in [0.1, 0.15) is 0 Å². The zero-order valence-corrected chi connectivity index (χ0v) is 24.8. The van der Waals surface area contributed by atoms with Gasteiger partial charge in [-0.3, -0.25) is 19.3 Å². The summed E-state index contributed by atoms with van der Waals surface area (Å²) in [6.45, 7) is 6.49. The summed E-state index contributed by atoms with van der Waals surface area (Å²) in [6, 6.07) is 21.6. The van der Waals surface area contributed by atoms with E-state index >= 15 is 0 Å². The van der Waals surface area contributed by atoms with Gasteiger partial charge in [-0.1, -0.05) is 69.3 Å². The van der Waals surface area contributed by atoms with Crippen LogP contribution in [0.3, 0.4) is 0 Å². The molecule has 5 rings (SSSR count). The van der Waals surface area contributed by atoms with Crippen molar-refractivity contribution in [2.45, 2.75) is 63.8 Å². The molecule has 1 heterocycles. The van der Waals surface area contributed by atoms with Crippen LogP contribution in [-0.2, 0) is 24.5 Å². The zero-order valence-electron chi connectivity index (χ0n) is 24.8. The van der Waals surface area contributed by atoms with Gasteiger partial charge < -0.3 is 15.2 Å². The van der Waals surface area contributed by atoms with Gasteiger partial charge in [0.05, 0.1) is 36.5 Å². The highest BCUT2D eigenvalue weighted by Gasteiger charge is 2.41. The zero-order chi connectivity index (χ0) is 30.9. The number of carboxylic acids is 1. The molecule has 8 heteroatoms. The number of aliphatic carboxylic acids is 1. The van der Waals surface area contributed by atoms with E-state index in [-0.39, 0.29) is 36.4 Å². The fourth-order valence-electron chi connectivity index (χ4n) is 5.93. The Balaban J connectivity index is 1.64. The van der Waals surface area contributed by atoms with E-state index in [2.05, 4.69) is 50.4 Å². The number of carboxylic acid groups (broad SMARTS) is 1. The maximum Gasteiger partial charge on any atom is 0.337 e. The van der Waals surface area contributed by atoms with E-state index in [4.69, 9.17) is 4.74 Å². The van der Waals surface area contributed by atoms with Gasteiger partial charge in [0.25, 0.3) is 0 Å². The number of para-hydroxylation sites is 2. The Labute approximate surface area is 251 Å². The van der Waals surface area contributed by atoms with Gasteiger partial charge in [0, 0.05) is 24.1 Å². The third kappa shape index (κ3) is 6.09. The molecule has 1 aliphatic heterocycles. The van der Waals surface area contributed by atoms with E-state index in [0.29, 0.717) is 34.5 Å². The molecule has 3 aromatic carbocycles. The third-order valence-corrected chi connectivity index (χ3v) is 8.21. The molecule has 1 aliphatic carbocycles.